The van der Waals surface area contributed by atoms with Crippen LogP contribution in [-0.4, -0.2) is 9.38 Å². The number of fused-ring (bicyclic) bond motifs is 13. The molecular weight excluding hydrogens is 729 g/mol. The lowest BCUT2D eigenvalue weighted by Crippen LogP contribution is -1.93. The zero-order chi connectivity index (χ0) is 37.2. The molecule has 0 saturated carbocycles. The van der Waals surface area contributed by atoms with Gasteiger partial charge in [-0.25, -0.2) is 4.98 Å². The highest BCUT2D eigenvalue weighted by Crippen LogP contribution is 2.43. The van der Waals surface area contributed by atoms with Crippen molar-refractivity contribution in [3.8, 4) is 33.5 Å². The number of thiophene rings is 2. The highest BCUT2D eigenvalue weighted by molar-refractivity contribution is 7.26. The van der Waals surface area contributed by atoms with E-state index in [1.807, 2.05) is 22.7 Å². The van der Waals surface area contributed by atoms with Crippen molar-refractivity contribution >= 4 is 112 Å². The summed E-state index contributed by atoms with van der Waals surface area (Å²) in [6.45, 7) is 0. The molecule has 0 radical (unpaired) electrons. The average molecular weight is 759 g/mol. The molecule has 4 heterocycles. The molecule has 0 bridgehead atoms. The lowest BCUT2D eigenvalue weighted by Gasteiger charge is -2.11. The first-order valence-corrected chi connectivity index (χ1v) is 21.0. The van der Waals surface area contributed by atoms with Crippen LogP contribution in [-0.2, 0) is 0 Å². The van der Waals surface area contributed by atoms with E-state index in [4.69, 9.17) is 4.98 Å². The Bertz CT molecular complexity index is 3770. The minimum Gasteiger partial charge on any atom is -0.291 e. The van der Waals surface area contributed by atoms with Crippen LogP contribution in [0.4, 0.5) is 0 Å². The van der Waals surface area contributed by atoms with Gasteiger partial charge in [-0.05, 0) is 121 Å². The van der Waals surface area contributed by atoms with Crippen molar-refractivity contribution < 1.29 is 0 Å². The Hall–Kier alpha value is -6.85. The Kier molecular flexibility index (Phi) is 6.51. The normalized spacial score (nSPS) is 12.2. The number of benzene rings is 9. The second kappa shape index (κ2) is 11.8. The van der Waals surface area contributed by atoms with Gasteiger partial charge < -0.3 is 0 Å². The molecule has 13 rings (SSSR count). The van der Waals surface area contributed by atoms with Gasteiger partial charge in [-0.2, -0.15) is 0 Å². The molecule has 0 amide bonds. The summed E-state index contributed by atoms with van der Waals surface area (Å²) in [5.74, 6) is 0. The summed E-state index contributed by atoms with van der Waals surface area (Å²) < 4.78 is 7.58. The molecule has 0 fully saturated rings. The summed E-state index contributed by atoms with van der Waals surface area (Å²) in [5, 5.41) is 12.6. The zero-order valence-electron chi connectivity index (χ0n) is 30.5. The van der Waals surface area contributed by atoms with E-state index < -0.39 is 0 Å². The van der Waals surface area contributed by atoms with E-state index in [9.17, 15) is 0 Å². The maximum atomic E-state index is 5.43. The minimum absolute atomic E-state index is 1.01. The van der Waals surface area contributed by atoms with Gasteiger partial charge in [-0.15, -0.1) is 22.7 Å². The van der Waals surface area contributed by atoms with E-state index >= 15 is 0 Å². The first kappa shape index (κ1) is 31.4. The number of rotatable bonds is 3. The lowest BCUT2D eigenvalue weighted by atomic mass is 9.98. The van der Waals surface area contributed by atoms with Gasteiger partial charge in [0.25, 0.3) is 0 Å². The molecule has 57 heavy (non-hydrogen) atoms. The average Bonchev–Trinajstić information content (AvgIpc) is 3.94. The molecule has 0 aliphatic rings. The van der Waals surface area contributed by atoms with Gasteiger partial charge >= 0.3 is 0 Å². The number of imidazole rings is 1. The van der Waals surface area contributed by atoms with Crippen molar-refractivity contribution in [2.75, 3.05) is 0 Å². The highest BCUT2D eigenvalue weighted by atomic mass is 32.1. The fourth-order valence-electron chi connectivity index (χ4n) is 9.03. The first-order chi connectivity index (χ1) is 28.2. The van der Waals surface area contributed by atoms with Gasteiger partial charge in [0.15, 0.2) is 5.65 Å². The molecule has 0 saturated heterocycles. The molecular formula is C53H30N2S2. The summed E-state index contributed by atoms with van der Waals surface area (Å²) in [4.78, 5) is 5.43. The molecule has 264 valence electrons. The van der Waals surface area contributed by atoms with Crippen molar-refractivity contribution in [1.82, 2.24) is 9.38 Å². The van der Waals surface area contributed by atoms with Gasteiger partial charge in [0.1, 0.15) is 0 Å². The Morgan fingerprint density at radius 2 is 0.912 bits per heavy atom. The topological polar surface area (TPSA) is 17.3 Å². The summed E-state index contributed by atoms with van der Waals surface area (Å²) in [6, 6.07) is 67.3. The molecule has 9 aromatic carbocycles. The van der Waals surface area contributed by atoms with Crippen molar-refractivity contribution in [2.45, 2.75) is 0 Å². The number of hydrogen-bond acceptors (Lipinski definition) is 3. The number of aromatic nitrogens is 2. The number of nitrogens with zero attached hydrogens (tertiary/aromatic N) is 2. The van der Waals surface area contributed by atoms with E-state index in [1.54, 1.807) is 0 Å². The Labute approximate surface area is 335 Å². The van der Waals surface area contributed by atoms with Crippen molar-refractivity contribution in [2.24, 2.45) is 0 Å². The van der Waals surface area contributed by atoms with E-state index in [2.05, 4.69) is 186 Å². The molecule has 0 spiro atoms. The van der Waals surface area contributed by atoms with Crippen molar-refractivity contribution in [1.29, 1.82) is 0 Å². The second-order valence-electron chi connectivity index (χ2n) is 15.2. The molecule has 0 aliphatic heterocycles. The van der Waals surface area contributed by atoms with E-state index in [0.717, 1.165) is 27.9 Å². The van der Waals surface area contributed by atoms with Crippen LogP contribution in [0.2, 0.25) is 0 Å². The summed E-state index contributed by atoms with van der Waals surface area (Å²) >= 11 is 3.71. The standard InChI is InChI=1S/C53H30N2S2/c1-2-8-36-24-41-28-48-46(27-40(41)23-35(36)7-1)54-53-52-45(44-25-37-9-3-4-10-38(37)29-51(44)57-52)30-47(55(48)53)34-19-17-32(18-20-34)31-13-15-33(16-14-31)39-21-22-50-43(26-39)42-11-5-6-12-49(42)56-50/h1-30H. The maximum absolute atomic E-state index is 5.43. The first-order valence-electron chi connectivity index (χ1n) is 19.3. The van der Waals surface area contributed by atoms with Crippen molar-refractivity contribution in [3.05, 3.63) is 182 Å². The van der Waals surface area contributed by atoms with E-state index in [0.29, 0.717) is 0 Å². The molecule has 13 aromatic rings. The third kappa shape index (κ3) is 4.78. The Morgan fingerprint density at radius 1 is 0.351 bits per heavy atom. The fourth-order valence-corrected chi connectivity index (χ4v) is 11.3. The molecule has 4 heteroatoms. The van der Waals surface area contributed by atoms with Crippen molar-refractivity contribution in [3.63, 3.8) is 0 Å². The maximum Gasteiger partial charge on any atom is 0.156 e. The van der Waals surface area contributed by atoms with Crippen LogP contribution in [0, 0.1) is 0 Å². The van der Waals surface area contributed by atoms with E-state index in [1.165, 1.54) is 94.9 Å². The molecule has 4 aromatic heterocycles. The van der Waals surface area contributed by atoms with Gasteiger partial charge in [-0.1, -0.05) is 121 Å². The molecule has 2 nitrogen and oxygen atoms in total. The van der Waals surface area contributed by atoms with E-state index in [-0.39, 0.29) is 0 Å². The molecule has 0 unspecified atom stereocenters. The van der Waals surface area contributed by atoms with Gasteiger partial charge in [0.2, 0.25) is 0 Å². The van der Waals surface area contributed by atoms with Crippen LogP contribution in [0.15, 0.2) is 182 Å². The second-order valence-corrected chi connectivity index (χ2v) is 17.3. The highest BCUT2D eigenvalue weighted by Gasteiger charge is 2.19. The monoisotopic (exact) mass is 758 g/mol. The largest absolute Gasteiger partial charge is 0.291 e. The van der Waals surface area contributed by atoms with Crippen LogP contribution < -0.4 is 0 Å². The van der Waals surface area contributed by atoms with Crippen LogP contribution in [0.1, 0.15) is 0 Å². The number of hydrogen-bond donors (Lipinski definition) is 0. The third-order valence-electron chi connectivity index (χ3n) is 11.9. The Morgan fingerprint density at radius 3 is 1.65 bits per heavy atom. The van der Waals surface area contributed by atoms with Crippen LogP contribution in [0.25, 0.3) is 123 Å². The van der Waals surface area contributed by atoms with Gasteiger partial charge in [0.05, 0.1) is 21.4 Å². The summed E-state index contributed by atoms with van der Waals surface area (Å²) in [5.41, 5.74) is 10.3. The smallest absolute Gasteiger partial charge is 0.156 e. The molecule has 0 N–H and O–H groups in total. The minimum atomic E-state index is 1.01. The Balaban J connectivity index is 0.961. The fraction of sp³-hybridized carbons (Fsp3) is 0. The molecule has 0 atom stereocenters. The third-order valence-corrected chi connectivity index (χ3v) is 14.2. The van der Waals surface area contributed by atoms with Crippen LogP contribution in [0.5, 0.6) is 0 Å². The SMILES string of the molecule is c1ccc2cc3cc4c(cc3cc2c1)nc1c2sc3cc5ccccc5cc3c2cc(-c2ccc(-c3ccc(-c5ccc6sc7ccccc7c6c5)cc3)cc2)n41. The van der Waals surface area contributed by atoms with Crippen LogP contribution in [0.3, 0.4) is 0 Å². The molecule has 0 aliphatic carbocycles. The zero-order valence-corrected chi connectivity index (χ0v) is 32.2. The van der Waals surface area contributed by atoms with Crippen LogP contribution >= 0.6 is 22.7 Å². The van der Waals surface area contributed by atoms with Gasteiger partial charge in [-0.3, -0.25) is 4.40 Å². The predicted octanol–water partition coefficient (Wildman–Crippen LogP) is 15.7. The number of pyridine rings is 1. The van der Waals surface area contributed by atoms with Gasteiger partial charge in [0, 0.05) is 35.6 Å². The quantitative estimate of drug-likeness (QED) is 0.164. The lowest BCUT2D eigenvalue weighted by molar-refractivity contribution is 1.25. The summed E-state index contributed by atoms with van der Waals surface area (Å²) in [6.07, 6.45) is 0. The predicted molar refractivity (Wildman–Crippen MR) is 247 cm³/mol. The summed E-state index contributed by atoms with van der Waals surface area (Å²) in [7, 11) is 0.